The molecule has 3 rings (SSSR count). The van der Waals surface area contributed by atoms with Crippen LogP contribution < -0.4 is 10.9 Å². The maximum Gasteiger partial charge on any atom is 0.279 e. The normalized spacial score (nSPS) is 10.7. The fourth-order valence-corrected chi connectivity index (χ4v) is 3.71. The van der Waals surface area contributed by atoms with Gasteiger partial charge in [-0.25, -0.2) is 9.07 Å². The number of rotatable bonds is 4. The van der Waals surface area contributed by atoms with Gasteiger partial charge in [-0.3, -0.25) is 20.4 Å². The van der Waals surface area contributed by atoms with E-state index in [-0.39, 0.29) is 11.7 Å². The van der Waals surface area contributed by atoms with Crippen LogP contribution in [0.5, 0.6) is 0 Å². The predicted octanol–water partition coefficient (Wildman–Crippen LogP) is 3.33. The zero-order valence-corrected chi connectivity index (χ0v) is 16.0. The van der Waals surface area contributed by atoms with Gasteiger partial charge in [0.25, 0.3) is 11.8 Å². The maximum atomic E-state index is 13.1. The SMILES string of the molecule is CCc1sc(C(=O)NNC(=O)c2cnn(-c3ccc(F)cc3)c2C)cc1C. The van der Waals surface area contributed by atoms with E-state index < -0.39 is 5.91 Å². The van der Waals surface area contributed by atoms with Crippen molar-refractivity contribution in [3.05, 3.63) is 68.9 Å². The molecular weight excluding hydrogens is 367 g/mol. The van der Waals surface area contributed by atoms with Crippen molar-refractivity contribution in [2.45, 2.75) is 27.2 Å². The molecule has 6 nitrogen and oxygen atoms in total. The van der Waals surface area contributed by atoms with E-state index in [1.54, 1.807) is 19.1 Å². The smallest absolute Gasteiger partial charge is 0.267 e. The van der Waals surface area contributed by atoms with Crippen LogP contribution in [0.1, 0.15) is 43.1 Å². The minimum atomic E-state index is -0.474. The molecule has 0 fully saturated rings. The summed E-state index contributed by atoms with van der Waals surface area (Å²) in [5.74, 6) is -1.18. The van der Waals surface area contributed by atoms with Crippen LogP contribution in [0.4, 0.5) is 4.39 Å². The molecular formula is C19H19FN4O2S. The van der Waals surface area contributed by atoms with Crippen molar-refractivity contribution in [3.8, 4) is 5.69 Å². The van der Waals surface area contributed by atoms with Gasteiger partial charge in [-0.15, -0.1) is 11.3 Å². The van der Waals surface area contributed by atoms with Crippen LogP contribution in [-0.2, 0) is 6.42 Å². The third-order valence-corrected chi connectivity index (χ3v) is 5.56. The second-order valence-electron chi connectivity index (χ2n) is 6.01. The number of hydrazine groups is 1. The van der Waals surface area contributed by atoms with Gasteiger partial charge < -0.3 is 0 Å². The predicted molar refractivity (Wildman–Crippen MR) is 102 cm³/mol. The second-order valence-corrected chi connectivity index (χ2v) is 7.15. The molecule has 0 aliphatic carbocycles. The second kappa shape index (κ2) is 7.71. The topological polar surface area (TPSA) is 76.0 Å². The number of benzene rings is 1. The molecule has 2 aromatic heterocycles. The third-order valence-electron chi connectivity index (χ3n) is 4.18. The summed E-state index contributed by atoms with van der Waals surface area (Å²) < 4.78 is 14.6. The summed E-state index contributed by atoms with van der Waals surface area (Å²) in [6.07, 6.45) is 2.27. The Morgan fingerprint density at radius 3 is 2.44 bits per heavy atom. The maximum absolute atomic E-state index is 13.1. The Morgan fingerprint density at radius 2 is 1.81 bits per heavy atom. The summed E-state index contributed by atoms with van der Waals surface area (Å²) >= 11 is 1.41. The first-order valence-electron chi connectivity index (χ1n) is 8.41. The molecule has 8 heteroatoms. The van der Waals surface area contributed by atoms with Crippen molar-refractivity contribution < 1.29 is 14.0 Å². The van der Waals surface area contributed by atoms with Crippen molar-refractivity contribution in [2.75, 3.05) is 0 Å². The molecule has 0 aliphatic heterocycles. The fourth-order valence-electron chi connectivity index (χ4n) is 2.70. The van der Waals surface area contributed by atoms with E-state index >= 15 is 0 Å². The molecule has 0 bridgehead atoms. The Kier molecular flexibility index (Phi) is 5.36. The van der Waals surface area contributed by atoms with Crippen molar-refractivity contribution in [1.29, 1.82) is 0 Å². The monoisotopic (exact) mass is 386 g/mol. The summed E-state index contributed by atoms with van der Waals surface area (Å²) in [7, 11) is 0. The number of hydrogen-bond donors (Lipinski definition) is 2. The Balaban J connectivity index is 1.69. The highest BCUT2D eigenvalue weighted by atomic mass is 32.1. The van der Waals surface area contributed by atoms with Crippen molar-refractivity contribution >= 4 is 23.2 Å². The fraction of sp³-hybridized carbons (Fsp3) is 0.211. The van der Waals surface area contributed by atoms with Gasteiger partial charge >= 0.3 is 0 Å². The van der Waals surface area contributed by atoms with Gasteiger partial charge in [0.15, 0.2) is 0 Å². The van der Waals surface area contributed by atoms with Gasteiger partial charge in [0.05, 0.1) is 28.0 Å². The quantitative estimate of drug-likeness (QED) is 0.676. The van der Waals surface area contributed by atoms with Crippen LogP contribution in [0.15, 0.2) is 36.5 Å². The molecule has 2 N–H and O–H groups in total. The lowest BCUT2D eigenvalue weighted by atomic mass is 10.2. The highest BCUT2D eigenvalue weighted by Crippen LogP contribution is 2.22. The molecule has 27 heavy (non-hydrogen) atoms. The van der Waals surface area contributed by atoms with Crippen LogP contribution in [0, 0.1) is 19.7 Å². The molecule has 0 saturated heterocycles. The van der Waals surface area contributed by atoms with Crippen molar-refractivity contribution in [1.82, 2.24) is 20.6 Å². The van der Waals surface area contributed by atoms with Crippen LogP contribution in [-0.4, -0.2) is 21.6 Å². The molecule has 0 saturated carbocycles. The zero-order chi connectivity index (χ0) is 19.6. The van der Waals surface area contributed by atoms with E-state index in [1.165, 1.54) is 34.3 Å². The number of halogens is 1. The van der Waals surface area contributed by atoms with Gasteiger partial charge in [0.1, 0.15) is 5.82 Å². The highest BCUT2D eigenvalue weighted by Gasteiger charge is 2.17. The molecule has 2 heterocycles. The lowest BCUT2D eigenvalue weighted by molar-refractivity contribution is 0.0848. The first kappa shape index (κ1) is 18.8. The van der Waals surface area contributed by atoms with Gasteiger partial charge in [-0.05, 0) is 56.2 Å². The Hall–Kier alpha value is -3.00. The minimum Gasteiger partial charge on any atom is -0.267 e. The van der Waals surface area contributed by atoms with Gasteiger partial charge in [0, 0.05) is 4.88 Å². The van der Waals surface area contributed by atoms with Gasteiger partial charge in [0.2, 0.25) is 0 Å². The highest BCUT2D eigenvalue weighted by molar-refractivity contribution is 7.14. The number of thiophene rings is 1. The van der Waals surface area contributed by atoms with Crippen LogP contribution >= 0.6 is 11.3 Å². The molecule has 0 spiro atoms. The Labute approximate surface area is 160 Å². The molecule has 140 valence electrons. The van der Waals surface area contributed by atoms with E-state index in [1.807, 2.05) is 19.9 Å². The van der Waals surface area contributed by atoms with E-state index in [0.29, 0.717) is 21.8 Å². The third kappa shape index (κ3) is 3.90. The van der Waals surface area contributed by atoms with E-state index in [9.17, 15) is 14.0 Å². The first-order valence-corrected chi connectivity index (χ1v) is 9.23. The zero-order valence-electron chi connectivity index (χ0n) is 15.2. The lowest BCUT2D eigenvalue weighted by Crippen LogP contribution is -2.41. The molecule has 3 aromatic rings. The van der Waals surface area contributed by atoms with Crippen LogP contribution in [0.25, 0.3) is 5.69 Å². The number of amides is 2. The number of carbonyl (C=O) groups is 2. The molecule has 0 radical (unpaired) electrons. The van der Waals surface area contributed by atoms with Gasteiger partial charge in [-0.2, -0.15) is 5.10 Å². The largest absolute Gasteiger partial charge is 0.279 e. The number of aryl methyl sites for hydroxylation is 2. The van der Waals surface area contributed by atoms with E-state index in [4.69, 9.17) is 0 Å². The summed E-state index contributed by atoms with van der Waals surface area (Å²) in [5.41, 5.74) is 7.44. The standard InChI is InChI=1S/C19H19FN4O2S/c1-4-16-11(2)9-17(27-16)19(26)23-22-18(25)15-10-21-24(12(15)3)14-7-5-13(20)6-8-14/h5-10H,4H2,1-3H3,(H,22,25)(H,23,26). The van der Waals surface area contributed by atoms with E-state index in [0.717, 1.165) is 16.9 Å². The molecule has 0 aliphatic rings. The number of nitrogens with one attached hydrogen (secondary N) is 2. The van der Waals surface area contributed by atoms with E-state index in [2.05, 4.69) is 16.0 Å². The van der Waals surface area contributed by atoms with Gasteiger partial charge in [-0.1, -0.05) is 6.92 Å². The molecule has 1 aromatic carbocycles. The number of carbonyl (C=O) groups excluding carboxylic acids is 2. The van der Waals surface area contributed by atoms with Crippen LogP contribution in [0.2, 0.25) is 0 Å². The average Bonchev–Trinajstić information content (AvgIpc) is 3.23. The lowest BCUT2D eigenvalue weighted by Gasteiger charge is -2.07. The molecule has 2 amide bonds. The number of aromatic nitrogens is 2. The van der Waals surface area contributed by atoms with Crippen LogP contribution in [0.3, 0.4) is 0 Å². The molecule has 0 unspecified atom stereocenters. The number of hydrogen-bond acceptors (Lipinski definition) is 4. The minimum absolute atomic E-state index is 0.316. The van der Waals surface area contributed by atoms with Crippen molar-refractivity contribution in [3.63, 3.8) is 0 Å². The summed E-state index contributed by atoms with van der Waals surface area (Å²) in [5, 5.41) is 4.17. The molecule has 0 atom stereocenters. The average molecular weight is 386 g/mol. The van der Waals surface area contributed by atoms with Crippen molar-refractivity contribution in [2.24, 2.45) is 0 Å². The Bertz CT molecular complexity index is 992. The Morgan fingerprint density at radius 1 is 1.15 bits per heavy atom. The summed E-state index contributed by atoms with van der Waals surface area (Å²) in [6.45, 7) is 5.71. The summed E-state index contributed by atoms with van der Waals surface area (Å²) in [6, 6.07) is 7.60. The summed E-state index contributed by atoms with van der Waals surface area (Å²) in [4.78, 5) is 26.3. The first-order chi connectivity index (χ1) is 12.9. The number of nitrogens with zero attached hydrogens (tertiary/aromatic N) is 2.